The van der Waals surface area contributed by atoms with Crippen molar-refractivity contribution in [1.29, 1.82) is 0 Å². The van der Waals surface area contributed by atoms with Gasteiger partial charge in [0.25, 0.3) is 0 Å². The number of carbonyl (C=O) groups excluding carboxylic acids is 2. The Bertz CT molecular complexity index is 361. The van der Waals surface area contributed by atoms with Gasteiger partial charge in [0, 0.05) is 6.07 Å². The molecule has 0 radical (unpaired) electrons. The maximum absolute atomic E-state index is 11.3. The number of nitrogens with zero attached hydrogens (tertiary/aromatic N) is 3. The smallest absolute Gasteiger partial charge is 0.359 e. The molecular weight excluding hydrogens is 214 g/mol. The average molecular weight is 225 g/mol. The first-order chi connectivity index (χ1) is 7.69. The molecule has 1 aromatic heterocycles. The van der Waals surface area contributed by atoms with Crippen molar-refractivity contribution in [3.63, 3.8) is 0 Å². The topological polar surface area (TPSA) is 91.3 Å². The van der Waals surface area contributed by atoms with Crippen molar-refractivity contribution in [1.82, 2.24) is 15.4 Å². The zero-order chi connectivity index (χ0) is 12.0. The van der Waals surface area contributed by atoms with Gasteiger partial charge in [0.2, 0.25) is 0 Å². The van der Waals surface area contributed by atoms with Gasteiger partial charge in [-0.3, -0.25) is 0 Å². The average Bonchev–Trinajstić information content (AvgIpc) is 2.30. The Hall–Kier alpha value is -2.05. The van der Waals surface area contributed by atoms with Crippen molar-refractivity contribution in [3.8, 4) is 0 Å². The van der Waals surface area contributed by atoms with Crippen LogP contribution in [-0.2, 0) is 9.47 Å². The summed E-state index contributed by atoms with van der Waals surface area (Å²) in [6, 6.07) is 1.18. The fourth-order valence-electron chi connectivity index (χ4n) is 0.916. The summed E-state index contributed by atoms with van der Waals surface area (Å²) in [5.74, 6) is -1.30. The van der Waals surface area contributed by atoms with Gasteiger partial charge in [-0.2, -0.15) is 0 Å². The summed E-state index contributed by atoms with van der Waals surface area (Å²) in [5, 5.41) is 10.2. The van der Waals surface area contributed by atoms with Crippen molar-refractivity contribution in [2.75, 3.05) is 13.2 Å². The predicted octanol–water partition coefficient (Wildman–Crippen LogP) is 0.225. The third-order valence-electron chi connectivity index (χ3n) is 1.55. The van der Waals surface area contributed by atoms with E-state index in [9.17, 15) is 9.59 Å². The molecule has 1 heterocycles. The number of hydrogen-bond donors (Lipinski definition) is 0. The van der Waals surface area contributed by atoms with Gasteiger partial charge in [-0.15, -0.1) is 10.2 Å². The molecule has 0 atom stereocenters. The first kappa shape index (κ1) is 12.0. The van der Waals surface area contributed by atoms with E-state index in [1.165, 1.54) is 6.07 Å². The van der Waals surface area contributed by atoms with E-state index in [4.69, 9.17) is 9.47 Å². The van der Waals surface area contributed by atoms with Crippen LogP contribution in [0.1, 0.15) is 34.8 Å². The van der Waals surface area contributed by atoms with Gasteiger partial charge in [-0.25, -0.2) is 9.59 Å². The zero-order valence-corrected chi connectivity index (χ0v) is 8.97. The molecule has 0 N–H and O–H groups in total. The molecule has 86 valence electrons. The molecule has 1 aromatic rings. The van der Waals surface area contributed by atoms with Crippen LogP contribution >= 0.6 is 0 Å². The summed E-state index contributed by atoms with van der Waals surface area (Å²) in [5.41, 5.74) is -0.139. The Morgan fingerprint density at radius 1 is 1.06 bits per heavy atom. The molecule has 0 aliphatic heterocycles. The van der Waals surface area contributed by atoms with Gasteiger partial charge in [0.05, 0.1) is 13.2 Å². The molecule has 0 saturated carbocycles. The number of carbonyl (C=O) groups is 2. The molecule has 16 heavy (non-hydrogen) atoms. The molecule has 7 heteroatoms. The molecular formula is C9H11N3O4. The number of rotatable bonds is 4. The van der Waals surface area contributed by atoms with E-state index in [-0.39, 0.29) is 24.6 Å². The van der Waals surface area contributed by atoms with Gasteiger partial charge in [-0.05, 0) is 19.1 Å². The Morgan fingerprint density at radius 3 is 1.88 bits per heavy atom. The first-order valence-electron chi connectivity index (χ1n) is 4.73. The summed E-state index contributed by atoms with van der Waals surface area (Å²) >= 11 is 0. The lowest BCUT2D eigenvalue weighted by Gasteiger charge is -2.01. The minimum Gasteiger partial charge on any atom is -0.461 e. The van der Waals surface area contributed by atoms with Crippen LogP contribution in [0.25, 0.3) is 0 Å². The van der Waals surface area contributed by atoms with Crippen molar-refractivity contribution >= 4 is 11.9 Å². The van der Waals surface area contributed by atoms with E-state index in [1.807, 2.05) is 0 Å². The normalized spacial score (nSPS) is 9.62. The molecule has 0 aliphatic rings. The van der Waals surface area contributed by atoms with E-state index >= 15 is 0 Å². The zero-order valence-electron chi connectivity index (χ0n) is 8.97. The van der Waals surface area contributed by atoms with Gasteiger partial charge >= 0.3 is 11.9 Å². The van der Waals surface area contributed by atoms with Gasteiger partial charge in [-0.1, -0.05) is 0 Å². The molecule has 0 spiro atoms. The molecule has 0 unspecified atom stereocenters. The highest BCUT2D eigenvalue weighted by Gasteiger charge is 2.15. The number of ether oxygens (including phenoxy) is 2. The van der Waals surface area contributed by atoms with Crippen LogP contribution in [0.5, 0.6) is 0 Å². The molecule has 1 rings (SSSR count). The Kier molecular flexibility index (Phi) is 4.31. The number of hydrogen-bond acceptors (Lipinski definition) is 7. The summed E-state index contributed by atoms with van der Waals surface area (Å²) in [7, 11) is 0. The summed E-state index contributed by atoms with van der Waals surface area (Å²) in [6.07, 6.45) is 0. The maximum atomic E-state index is 11.3. The van der Waals surface area contributed by atoms with Gasteiger partial charge < -0.3 is 9.47 Å². The number of aromatic nitrogens is 3. The molecule has 7 nitrogen and oxygen atoms in total. The predicted molar refractivity (Wildman–Crippen MR) is 51.7 cm³/mol. The summed E-state index contributed by atoms with van der Waals surface area (Å²) in [6.45, 7) is 3.77. The second kappa shape index (κ2) is 5.74. The molecule has 0 bridgehead atoms. The van der Waals surface area contributed by atoms with Crippen LogP contribution in [0.3, 0.4) is 0 Å². The van der Waals surface area contributed by atoms with Crippen molar-refractivity contribution in [3.05, 3.63) is 17.5 Å². The summed E-state index contributed by atoms with van der Waals surface area (Å²) in [4.78, 5) is 22.5. The van der Waals surface area contributed by atoms with Crippen LogP contribution in [0.2, 0.25) is 0 Å². The quantitative estimate of drug-likeness (QED) is 0.677. The van der Waals surface area contributed by atoms with E-state index in [0.29, 0.717) is 0 Å². The summed E-state index contributed by atoms with van der Waals surface area (Å²) < 4.78 is 9.40. The fraction of sp³-hybridized carbons (Fsp3) is 0.444. The van der Waals surface area contributed by atoms with E-state index in [0.717, 1.165) is 0 Å². The SMILES string of the molecule is CCOC(=O)c1cc(C(=O)OCC)nnn1. The Labute approximate surface area is 91.8 Å². The van der Waals surface area contributed by atoms with E-state index < -0.39 is 11.9 Å². The third kappa shape index (κ3) is 2.97. The minimum atomic E-state index is -0.650. The molecule has 0 aliphatic carbocycles. The lowest BCUT2D eigenvalue weighted by atomic mass is 10.3. The van der Waals surface area contributed by atoms with E-state index in [2.05, 4.69) is 15.4 Å². The van der Waals surface area contributed by atoms with Crippen molar-refractivity contribution in [2.45, 2.75) is 13.8 Å². The highest BCUT2D eigenvalue weighted by atomic mass is 16.5. The Morgan fingerprint density at radius 2 is 1.50 bits per heavy atom. The second-order valence-electron chi connectivity index (χ2n) is 2.65. The van der Waals surface area contributed by atoms with Crippen molar-refractivity contribution < 1.29 is 19.1 Å². The first-order valence-corrected chi connectivity index (χ1v) is 4.73. The van der Waals surface area contributed by atoms with Crippen LogP contribution < -0.4 is 0 Å². The lowest BCUT2D eigenvalue weighted by molar-refractivity contribution is 0.0512. The van der Waals surface area contributed by atoms with Crippen molar-refractivity contribution in [2.24, 2.45) is 0 Å². The highest BCUT2D eigenvalue weighted by molar-refractivity contribution is 5.92. The Balaban J connectivity index is 2.86. The standard InChI is InChI=1S/C9H11N3O4/c1-3-15-8(13)6-5-7(11-12-10-6)9(14)16-4-2/h5H,3-4H2,1-2H3. The van der Waals surface area contributed by atoms with Crippen LogP contribution in [0.15, 0.2) is 6.07 Å². The lowest BCUT2D eigenvalue weighted by Crippen LogP contribution is -2.14. The van der Waals surface area contributed by atoms with Crippen LogP contribution in [0, 0.1) is 0 Å². The fourth-order valence-corrected chi connectivity index (χ4v) is 0.916. The van der Waals surface area contributed by atoms with Crippen LogP contribution in [0.4, 0.5) is 0 Å². The second-order valence-corrected chi connectivity index (χ2v) is 2.65. The van der Waals surface area contributed by atoms with Gasteiger partial charge in [0.1, 0.15) is 0 Å². The van der Waals surface area contributed by atoms with Crippen LogP contribution in [-0.4, -0.2) is 40.6 Å². The molecule has 0 aromatic carbocycles. The van der Waals surface area contributed by atoms with Gasteiger partial charge in [0.15, 0.2) is 11.4 Å². The maximum Gasteiger partial charge on any atom is 0.359 e. The monoisotopic (exact) mass is 225 g/mol. The largest absolute Gasteiger partial charge is 0.461 e. The third-order valence-corrected chi connectivity index (χ3v) is 1.55. The molecule has 0 fully saturated rings. The van der Waals surface area contributed by atoms with E-state index in [1.54, 1.807) is 13.8 Å². The highest BCUT2D eigenvalue weighted by Crippen LogP contribution is 2.01. The molecule has 0 saturated heterocycles. The number of esters is 2. The minimum absolute atomic E-state index is 0.0695. The molecule has 0 amide bonds.